The first kappa shape index (κ1) is 23.3. The third-order valence-corrected chi connectivity index (χ3v) is 8.53. The van der Waals surface area contributed by atoms with E-state index in [2.05, 4.69) is 20.2 Å². The number of nitrogens with one attached hydrogen (secondary N) is 1. The summed E-state index contributed by atoms with van der Waals surface area (Å²) in [6.07, 6.45) is 12.0. The first-order valence-electron chi connectivity index (χ1n) is 12.8. The molecular formula is C24H34N6O3S. The summed E-state index contributed by atoms with van der Waals surface area (Å²) >= 11 is 1.34. The Balaban J connectivity index is 1.21. The SMILES string of the molecule is O=C(Cn1cnc2nc(N3CCC(C(=O)N4CCCCC4)CC3)sc2c1=O)NC1CCCCC1. The third kappa shape index (κ3) is 5.11. The molecular weight excluding hydrogens is 452 g/mol. The second kappa shape index (κ2) is 10.4. The topological polar surface area (TPSA) is 100 Å². The van der Waals surface area contributed by atoms with Gasteiger partial charge in [0.05, 0.1) is 0 Å². The zero-order valence-corrected chi connectivity index (χ0v) is 20.5. The lowest BCUT2D eigenvalue weighted by atomic mass is 9.94. The van der Waals surface area contributed by atoms with Gasteiger partial charge in [-0.25, -0.2) is 4.98 Å². The first-order valence-corrected chi connectivity index (χ1v) is 13.6. The number of carbonyl (C=O) groups is 2. The van der Waals surface area contributed by atoms with Crippen LogP contribution in [-0.2, 0) is 16.1 Å². The first-order chi connectivity index (χ1) is 16.6. The largest absolute Gasteiger partial charge is 0.352 e. The van der Waals surface area contributed by atoms with E-state index in [0.29, 0.717) is 16.3 Å². The van der Waals surface area contributed by atoms with E-state index < -0.39 is 0 Å². The van der Waals surface area contributed by atoms with Crippen molar-refractivity contribution in [2.45, 2.75) is 76.8 Å². The Morgan fingerprint density at radius 3 is 2.41 bits per heavy atom. The zero-order chi connectivity index (χ0) is 23.5. The highest BCUT2D eigenvalue weighted by Gasteiger charge is 2.30. The van der Waals surface area contributed by atoms with Crippen LogP contribution in [0, 0.1) is 5.92 Å². The van der Waals surface area contributed by atoms with Crippen molar-refractivity contribution >= 4 is 38.6 Å². The number of aromatic nitrogens is 3. The molecule has 9 nitrogen and oxygen atoms in total. The van der Waals surface area contributed by atoms with Crippen molar-refractivity contribution in [3.63, 3.8) is 0 Å². The van der Waals surface area contributed by atoms with E-state index in [9.17, 15) is 14.4 Å². The van der Waals surface area contributed by atoms with Gasteiger partial charge in [0.25, 0.3) is 5.56 Å². The molecule has 2 amide bonds. The maximum Gasteiger partial charge on any atom is 0.273 e. The minimum absolute atomic E-state index is 0.0183. The van der Waals surface area contributed by atoms with Crippen LogP contribution in [0.1, 0.15) is 64.2 Å². The van der Waals surface area contributed by atoms with Crippen LogP contribution in [0.4, 0.5) is 5.13 Å². The monoisotopic (exact) mass is 486 g/mol. The molecule has 0 bridgehead atoms. The molecule has 10 heteroatoms. The molecule has 0 aromatic carbocycles. The molecule has 5 rings (SSSR count). The van der Waals surface area contributed by atoms with Crippen molar-refractivity contribution in [3.05, 3.63) is 16.7 Å². The van der Waals surface area contributed by atoms with E-state index >= 15 is 0 Å². The number of rotatable bonds is 5. The van der Waals surface area contributed by atoms with E-state index in [1.54, 1.807) is 0 Å². The molecule has 0 radical (unpaired) electrons. The van der Waals surface area contributed by atoms with Crippen LogP contribution in [0.25, 0.3) is 10.3 Å². The molecule has 2 aromatic heterocycles. The standard InChI is InChI=1S/C24H34N6O3S/c31-19(26-18-7-3-1-4-8-18)15-30-16-25-21-20(23(30)33)34-24(27-21)29-13-9-17(10-14-29)22(32)28-11-5-2-6-12-28/h16-18H,1-15H2,(H,26,31). The van der Waals surface area contributed by atoms with Gasteiger partial charge in [-0.3, -0.25) is 19.0 Å². The van der Waals surface area contributed by atoms with Gasteiger partial charge in [0.2, 0.25) is 11.8 Å². The number of hydrogen-bond donors (Lipinski definition) is 1. The number of piperidine rings is 2. The highest BCUT2D eigenvalue weighted by atomic mass is 32.1. The van der Waals surface area contributed by atoms with E-state index in [-0.39, 0.29) is 30.0 Å². The normalized spacial score (nSPS) is 20.6. The van der Waals surface area contributed by atoms with Crippen LogP contribution in [0.2, 0.25) is 0 Å². The lowest BCUT2D eigenvalue weighted by molar-refractivity contribution is -0.137. The number of likely N-dealkylation sites (tertiary alicyclic amines) is 1. The number of nitrogens with zero attached hydrogens (tertiary/aromatic N) is 5. The van der Waals surface area contributed by atoms with Crippen LogP contribution in [0.15, 0.2) is 11.1 Å². The number of hydrogen-bond acceptors (Lipinski definition) is 7. The summed E-state index contributed by atoms with van der Waals surface area (Å²) < 4.78 is 1.86. The molecule has 0 atom stereocenters. The number of anilines is 1. The third-order valence-electron chi connectivity index (χ3n) is 7.44. The molecule has 34 heavy (non-hydrogen) atoms. The Bertz CT molecular complexity index is 1080. The predicted molar refractivity (Wildman–Crippen MR) is 132 cm³/mol. The van der Waals surface area contributed by atoms with Crippen LogP contribution in [0.3, 0.4) is 0 Å². The van der Waals surface area contributed by atoms with Crippen LogP contribution >= 0.6 is 11.3 Å². The number of fused-ring (bicyclic) bond motifs is 1. The second-order valence-corrected chi connectivity index (χ2v) is 10.9. The Morgan fingerprint density at radius 1 is 0.971 bits per heavy atom. The molecule has 2 saturated heterocycles. The molecule has 2 aromatic rings. The van der Waals surface area contributed by atoms with Gasteiger partial charge in [-0.2, -0.15) is 4.98 Å². The summed E-state index contributed by atoms with van der Waals surface area (Å²) in [6, 6.07) is 0.216. The van der Waals surface area contributed by atoms with E-state index in [4.69, 9.17) is 0 Å². The smallest absolute Gasteiger partial charge is 0.273 e. The molecule has 3 fully saturated rings. The van der Waals surface area contributed by atoms with Gasteiger partial charge in [0.1, 0.15) is 17.6 Å². The highest BCUT2D eigenvalue weighted by Crippen LogP contribution is 2.30. The lowest BCUT2D eigenvalue weighted by Crippen LogP contribution is -2.44. The Hall–Kier alpha value is -2.49. The molecule has 1 saturated carbocycles. The molecule has 2 aliphatic heterocycles. The van der Waals surface area contributed by atoms with Gasteiger partial charge >= 0.3 is 0 Å². The number of amides is 2. The molecule has 4 heterocycles. The van der Waals surface area contributed by atoms with Crippen molar-refractivity contribution in [1.29, 1.82) is 0 Å². The average molecular weight is 487 g/mol. The van der Waals surface area contributed by atoms with Gasteiger partial charge in [0.15, 0.2) is 10.8 Å². The Labute approximate surface area is 203 Å². The van der Waals surface area contributed by atoms with E-state index in [1.165, 1.54) is 35.1 Å². The average Bonchev–Trinajstić information content (AvgIpc) is 3.32. The molecule has 0 spiro atoms. The van der Waals surface area contributed by atoms with Crippen molar-refractivity contribution < 1.29 is 9.59 Å². The number of thiazole rings is 1. The van der Waals surface area contributed by atoms with Crippen molar-refractivity contribution in [2.75, 3.05) is 31.1 Å². The quantitative estimate of drug-likeness (QED) is 0.697. The summed E-state index contributed by atoms with van der Waals surface area (Å²) in [7, 11) is 0. The van der Waals surface area contributed by atoms with Crippen LogP contribution < -0.4 is 15.8 Å². The van der Waals surface area contributed by atoms with Gasteiger partial charge in [-0.1, -0.05) is 30.6 Å². The minimum Gasteiger partial charge on any atom is -0.352 e. The molecule has 1 aliphatic carbocycles. The predicted octanol–water partition coefficient (Wildman–Crippen LogP) is 2.53. The fraction of sp³-hybridized carbons (Fsp3) is 0.708. The van der Waals surface area contributed by atoms with Gasteiger partial charge < -0.3 is 15.1 Å². The second-order valence-electron chi connectivity index (χ2n) is 9.88. The van der Waals surface area contributed by atoms with Gasteiger partial charge in [-0.05, 0) is 44.9 Å². The minimum atomic E-state index is -0.220. The molecule has 184 valence electrons. The maximum atomic E-state index is 13.0. The summed E-state index contributed by atoms with van der Waals surface area (Å²) in [6.45, 7) is 3.28. The lowest BCUT2D eigenvalue weighted by Gasteiger charge is -2.35. The Kier molecular flexibility index (Phi) is 7.12. The zero-order valence-electron chi connectivity index (χ0n) is 19.7. The van der Waals surface area contributed by atoms with Crippen LogP contribution in [-0.4, -0.2) is 63.5 Å². The van der Waals surface area contributed by atoms with Gasteiger partial charge in [-0.15, -0.1) is 0 Å². The molecule has 1 N–H and O–H groups in total. The van der Waals surface area contributed by atoms with Crippen molar-refractivity contribution in [1.82, 2.24) is 24.8 Å². The number of carbonyl (C=O) groups excluding carboxylic acids is 2. The van der Waals surface area contributed by atoms with Crippen LogP contribution in [0.5, 0.6) is 0 Å². The van der Waals surface area contributed by atoms with E-state index in [1.807, 2.05) is 4.90 Å². The fourth-order valence-electron chi connectivity index (χ4n) is 5.45. The van der Waals surface area contributed by atoms with Crippen molar-refractivity contribution in [2.24, 2.45) is 5.92 Å². The fourth-order valence-corrected chi connectivity index (χ4v) is 6.47. The highest BCUT2D eigenvalue weighted by molar-refractivity contribution is 7.22. The van der Waals surface area contributed by atoms with Crippen molar-refractivity contribution in [3.8, 4) is 0 Å². The summed E-state index contributed by atoms with van der Waals surface area (Å²) in [5.74, 6) is 0.252. The summed E-state index contributed by atoms with van der Waals surface area (Å²) in [5, 5.41) is 3.83. The Morgan fingerprint density at radius 2 is 1.68 bits per heavy atom. The van der Waals surface area contributed by atoms with Gasteiger partial charge in [0, 0.05) is 38.1 Å². The summed E-state index contributed by atoms with van der Waals surface area (Å²) in [4.78, 5) is 51.5. The van der Waals surface area contributed by atoms with E-state index in [0.717, 1.165) is 82.7 Å². The molecule has 3 aliphatic rings. The summed E-state index contributed by atoms with van der Waals surface area (Å²) in [5.41, 5.74) is 0.211. The maximum absolute atomic E-state index is 13.0. The molecule has 0 unspecified atom stereocenters.